The second-order valence-corrected chi connectivity index (χ2v) is 7.34. The van der Waals surface area contributed by atoms with E-state index in [4.69, 9.17) is 18.9 Å². The Morgan fingerprint density at radius 2 is 1.84 bits per heavy atom. The smallest absolute Gasteiger partial charge is 0.293 e. The number of carbonyl (C=O) groups is 3. The number of imide groups is 1. The van der Waals surface area contributed by atoms with E-state index in [-0.39, 0.29) is 30.5 Å². The third-order valence-corrected chi connectivity index (χ3v) is 5.23. The minimum absolute atomic E-state index is 0.0528. The Bertz CT molecular complexity index is 859. The molecule has 0 saturated carbocycles. The van der Waals surface area contributed by atoms with Crippen LogP contribution in [0.4, 0.5) is 4.79 Å². The molecule has 1 unspecified atom stereocenters. The standard InChI is InChI=1S/C21H26N2O7S/c1-6-9-30-13(2)19(24)22-7-8-23-20(25)17(31-21(23)26)12-14-10-15(27-3)18(29-5)16(11-14)28-4/h6,10-13H,1,7-9H2,2-5H3,(H,22,24)/b17-12-. The van der Waals surface area contributed by atoms with E-state index >= 15 is 0 Å². The highest BCUT2D eigenvalue weighted by Crippen LogP contribution is 2.40. The Balaban J connectivity index is 2.07. The highest BCUT2D eigenvalue weighted by atomic mass is 32.2. The van der Waals surface area contributed by atoms with E-state index in [1.165, 1.54) is 21.3 Å². The first-order valence-electron chi connectivity index (χ1n) is 9.41. The number of nitrogens with zero attached hydrogens (tertiary/aromatic N) is 1. The summed E-state index contributed by atoms with van der Waals surface area (Å²) in [5, 5.41) is 2.24. The average molecular weight is 451 g/mol. The van der Waals surface area contributed by atoms with Gasteiger partial charge in [0, 0.05) is 13.1 Å². The minimum atomic E-state index is -0.659. The number of nitrogens with one attached hydrogen (secondary N) is 1. The van der Waals surface area contributed by atoms with Crippen molar-refractivity contribution in [1.82, 2.24) is 10.2 Å². The molecule has 3 amide bonds. The molecule has 0 spiro atoms. The first-order chi connectivity index (χ1) is 14.9. The van der Waals surface area contributed by atoms with Crippen molar-refractivity contribution in [2.24, 2.45) is 0 Å². The van der Waals surface area contributed by atoms with Crippen molar-refractivity contribution in [2.45, 2.75) is 13.0 Å². The van der Waals surface area contributed by atoms with E-state index in [1.54, 1.807) is 31.2 Å². The van der Waals surface area contributed by atoms with Gasteiger partial charge in [0.25, 0.3) is 11.1 Å². The van der Waals surface area contributed by atoms with Crippen LogP contribution in [0.15, 0.2) is 29.7 Å². The molecule has 1 aromatic carbocycles. The molecule has 0 aromatic heterocycles. The molecule has 1 aromatic rings. The normalized spacial score (nSPS) is 15.7. The number of benzene rings is 1. The molecule has 10 heteroatoms. The summed E-state index contributed by atoms with van der Waals surface area (Å²) in [6.07, 6.45) is 2.47. The number of amides is 3. The van der Waals surface area contributed by atoms with Crippen LogP contribution in [0.2, 0.25) is 0 Å². The molecule has 168 valence electrons. The number of hydrogen-bond donors (Lipinski definition) is 1. The second kappa shape index (κ2) is 11.4. The molecular weight excluding hydrogens is 424 g/mol. The van der Waals surface area contributed by atoms with Crippen LogP contribution in [-0.2, 0) is 14.3 Å². The Kier molecular flexibility index (Phi) is 8.95. The maximum atomic E-state index is 12.7. The maximum Gasteiger partial charge on any atom is 0.293 e. The van der Waals surface area contributed by atoms with Crippen LogP contribution in [0.3, 0.4) is 0 Å². The van der Waals surface area contributed by atoms with E-state index in [0.29, 0.717) is 22.8 Å². The van der Waals surface area contributed by atoms with E-state index in [0.717, 1.165) is 16.7 Å². The Hall–Kier alpha value is -2.98. The number of ether oxygens (including phenoxy) is 4. The van der Waals surface area contributed by atoms with Gasteiger partial charge in [-0.25, -0.2) is 0 Å². The molecule has 0 aliphatic carbocycles. The maximum absolute atomic E-state index is 12.7. The van der Waals surface area contributed by atoms with Gasteiger partial charge in [0.05, 0.1) is 32.8 Å². The largest absolute Gasteiger partial charge is 0.493 e. The minimum Gasteiger partial charge on any atom is -0.493 e. The van der Waals surface area contributed by atoms with Gasteiger partial charge in [-0.2, -0.15) is 0 Å². The summed E-state index contributed by atoms with van der Waals surface area (Å²) in [4.78, 5) is 38.3. The highest BCUT2D eigenvalue weighted by Gasteiger charge is 2.35. The lowest BCUT2D eigenvalue weighted by Gasteiger charge is -2.15. The fraction of sp³-hybridized carbons (Fsp3) is 0.381. The SMILES string of the molecule is C=CCOC(C)C(=O)NCCN1C(=O)S/C(=C\c2cc(OC)c(OC)c(OC)c2)C1=O. The summed E-state index contributed by atoms with van der Waals surface area (Å²) in [5.41, 5.74) is 0.612. The summed E-state index contributed by atoms with van der Waals surface area (Å²) in [6, 6.07) is 3.36. The molecule has 0 radical (unpaired) electrons. The zero-order chi connectivity index (χ0) is 23.0. The average Bonchev–Trinajstić information content (AvgIpc) is 3.03. The Morgan fingerprint density at radius 3 is 2.39 bits per heavy atom. The predicted octanol–water partition coefficient (Wildman–Crippen LogP) is 2.46. The molecule has 31 heavy (non-hydrogen) atoms. The zero-order valence-electron chi connectivity index (χ0n) is 17.9. The molecule has 9 nitrogen and oxygen atoms in total. The quantitative estimate of drug-likeness (QED) is 0.405. The first kappa shape index (κ1) is 24.3. The van der Waals surface area contributed by atoms with Gasteiger partial charge in [-0.1, -0.05) is 6.08 Å². The predicted molar refractivity (Wildman–Crippen MR) is 117 cm³/mol. The molecule has 1 aliphatic rings. The fourth-order valence-corrected chi connectivity index (χ4v) is 3.62. The van der Waals surface area contributed by atoms with E-state index in [2.05, 4.69) is 11.9 Å². The van der Waals surface area contributed by atoms with E-state index in [1.807, 2.05) is 0 Å². The third kappa shape index (κ3) is 6.02. The molecule has 1 N–H and O–H groups in total. The lowest BCUT2D eigenvalue weighted by molar-refractivity contribution is -0.131. The number of methoxy groups -OCH3 is 3. The van der Waals surface area contributed by atoms with Crippen molar-refractivity contribution >= 4 is 34.9 Å². The lowest BCUT2D eigenvalue weighted by Crippen LogP contribution is -2.41. The zero-order valence-corrected chi connectivity index (χ0v) is 18.7. The number of thioether (sulfide) groups is 1. The second-order valence-electron chi connectivity index (χ2n) is 6.35. The van der Waals surface area contributed by atoms with Crippen molar-refractivity contribution in [3.63, 3.8) is 0 Å². The van der Waals surface area contributed by atoms with Gasteiger partial charge in [0.1, 0.15) is 6.10 Å². The van der Waals surface area contributed by atoms with Crippen LogP contribution in [-0.4, -0.2) is 69.1 Å². The third-order valence-electron chi connectivity index (χ3n) is 4.33. The lowest BCUT2D eigenvalue weighted by atomic mass is 10.1. The molecule has 1 atom stereocenters. The van der Waals surface area contributed by atoms with Crippen molar-refractivity contribution in [3.8, 4) is 17.2 Å². The summed E-state index contributed by atoms with van der Waals surface area (Å²) in [6.45, 7) is 5.56. The molecule has 1 heterocycles. The molecule has 0 bridgehead atoms. The van der Waals surface area contributed by atoms with E-state index < -0.39 is 17.3 Å². The molecule has 1 fully saturated rings. The van der Waals surface area contributed by atoms with Crippen molar-refractivity contribution in [1.29, 1.82) is 0 Å². The van der Waals surface area contributed by atoms with Gasteiger partial charge in [0.2, 0.25) is 11.7 Å². The summed E-state index contributed by atoms with van der Waals surface area (Å²) in [5.74, 6) is 0.527. The highest BCUT2D eigenvalue weighted by molar-refractivity contribution is 8.18. The summed E-state index contributed by atoms with van der Waals surface area (Å²) >= 11 is 0.827. The summed E-state index contributed by atoms with van der Waals surface area (Å²) < 4.78 is 21.1. The van der Waals surface area contributed by atoms with Crippen molar-refractivity contribution in [2.75, 3.05) is 41.0 Å². The van der Waals surface area contributed by atoms with Crippen LogP contribution in [0.5, 0.6) is 17.2 Å². The van der Waals surface area contributed by atoms with Gasteiger partial charge in [0.15, 0.2) is 11.5 Å². The van der Waals surface area contributed by atoms with Crippen molar-refractivity contribution < 1.29 is 33.3 Å². The number of rotatable bonds is 11. The number of carbonyl (C=O) groups excluding carboxylic acids is 3. The van der Waals surface area contributed by atoms with Crippen molar-refractivity contribution in [3.05, 3.63) is 35.3 Å². The van der Waals surface area contributed by atoms with Crippen LogP contribution >= 0.6 is 11.8 Å². The van der Waals surface area contributed by atoms with Crippen LogP contribution in [0.25, 0.3) is 6.08 Å². The van der Waals surface area contributed by atoms with Crippen LogP contribution < -0.4 is 19.5 Å². The van der Waals surface area contributed by atoms with Crippen LogP contribution in [0, 0.1) is 0 Å². The Morgan fingerprint density at radius 1 is 1.19 bits per heavy atom. The fourth-order valence-electron chi connectivity index (χ4n) is 2.75. The van der Waals surface area contributed by atoms with E-state index in [9.17, 15) is 14.4 Å². The van der Waals surface area contributed by atoms with Gasteiger partial charge in [-0.05, 0) is 42.5 Å². The first-order valence-corrected chi connectivity index (χ1v) is 10.2. The van der Waals surface area contributed by atoms with Gasteiger partial charge in [-0.3, -0.25) is 19.3 Å². The number of hydrogen-bond acceptors (Lipinski definition) is 8. The topological polar surface area (TPSA) is 103 Å². The molecule has 1 saturated heterocycles. The summed E-state index contributed by atoms with van der Waals surface area (Å²) in [7, 11) is 4.48. The molecule has 2 rings (SSSR count). The monoisotopic (exact) mass is 450 g/mol. The molecule has 1 aliphatic heterocycles. The Labute approximate surface area is 185 Å². The van der Waals surface area contributed by atoms with Gasteiger partial charge in [-0.15, -0.1) is 6.58 Å². The van der Waals surface area contributed by atoms with Gasteiger partial charge >= 0.3 is 0 Å². The molecular formula is C21H26N2O7S. The van der Waals surface area contributed by atoms with Crippen LogP contribution in [0.1, 0.15) is 12.5 Å². The van der Waals surface area contributed by atoms with Gasteiger partial charge < -0.3 is 24.3 Å².